The van der Waals surface area contributed by atoms with Crippen molar-refractivity contribution in [1.82, 2.24) is 0 Å². The van der Waals surface area contributed by atoms with E-state index in [-0.39, 0.29) is 0 Å². The lowest BCUT2D eigenvalue weighted by Crippen LogP contribution is -2.01. The first-order valence-electron chi connectivity index (χ1n) is 5.43. The predicted molar refractivity (Wildman–Crippen MR) is 56.6 cm³/mol. The molecule has 0 spiro atoms. The van der Waals surface area contributed by atoms with Crippen LogP contribution in [0, 0.1) is 5.92 Å². The van der Waals surface area contributed by atoms with Crippen LogP contribution in [-0.4, -0.2) is 12.7 Å². The molecule has 1 heterocycles. The summed E-state index contributed by atoms with van der Waals surface area (Å²) in [6.45, 7) is 7.02. The van der Waals surface area contributed by atoms with Crippen LogP contribution in [0.25, 0.3) is 0 Å². The third kappa shape index (κ3) is 5.09. The van der Waals surface area contributed by atoms with Crippen LogP contribution >= 0.6 is 0 Å². The molecule has 1 saturated heterocycles. The van der Waals surface area contributed by atoms with Gasteiger partial charge in [-0.15, -0.1) is 6.58 Å². The molecule has 1 aliphatic rings. The van der Waals surface area contributed by atoms with Gasteiger partial charge in [0.15, 0.2) is 0 Å². The van der Waals surface area contributed by atoms with Crippen molar-refractivity contribution in [2.24, 2.45) is 0 Å². The molecular formula is C12H21O. The van der Waals surface area contributed by atoms with Crippen LogP contribution in [0.3, 0.4) is 0 Å². The molecule has 1 fully saturated rings. The van der Waals surface area contributed by atoms with Gasteiger partial charge in [-0.05, 0) is 25.2 Å². The fourth-order valence-electron chi connectivity index (χ4n) is 1.62. The lowest BCUT2D eigenvalue weighted by Gasteiger charge is -2.12. The average molecular weight is 181 g/mol. The van der Waals surface area contributed by atoms with E-state index in [4.69, 9.17) is 4.74 Å². The lowest BCUT2D eigenvalue weighted by molar-refractivity contribution is 0.393. The monoisotopic (exact) mass is 181 g/mol. The van der Waals surface area contributed by atoms with Crippen molar-refractivity contribution in [2.75, 3.05) is 6.61 Å². The number of hydrogen-bond donors (Lipinski definition) is 0. The average Bonchev–Trinajstić information content (AvgIpc) is 2.89. The fourth-order valence-corrected chi connectivity index (χ4v) is 1.62. The van der Waals surface area contributed by atoms with Gasteiger partial charge < -0.3 is 4.74 Å². The van der Waals surface area contributed by atoms with Gasteiger partial charge in [0.1, 0.15) is 0 Å². The smallest absolute Gasteiger partial charge is 0.0815 e. The van der Waals surface area contributed by atoms with Gasteiger partial charge in [-0.25, -0.2) is 0 Å². The lowest BCUT2D eigenvalue weighted by atomic mass is 9.93. The highest BCUT2D eigenvalue weighted by Gasteiger charge is 2.25. The van der Waals surface area contributed by atoms with Crippen molar-refractivity contribution in [3.8, 4) is 0 Å². The Kier molecular flexibility index (Phi) is 5.14. The van der Waals surface area contributed by atoms with Gasteiger partial charge in [0.05, 0.1) is 12.7 Å². The highest BCUT2D eigenvalue weighted by atomic mass is 16.6. The Bertz CT molecular complexity index is 138. The van der Waals surface area contributed by atoms with Gasteiger partial charge >= 0.3 is 0 Å². The van der Waals surface area contributed by atoms with E-state index in [1.54, 1.807) is 5.92 Å². The molecule has 0 aliphatic carbocycles. The molecule has 13 heavy (non-hydrogen) atoms. The van der Waals surface area contributed by atoms with Crippen molar-refractivity contribution in [3.05, 3.63) is 18.6 Å². The van der Waals surface area contributed by atoms with E-state index >= 15 is 0 Å². The number of epoxide rings is 1. The maximum Gasteiger partial charge on any atom is 0.0815 e. The Morgan fingerprint density at radius 3 is 2.85 bits per heavy atom. The van der Waals surface area contributed by atoms with Gasteiger partial charge in [-0.2, -0.15) is 0 Å². The number of rotatable bonds is 8. The van der Waals surface area contributed by atoms with E-state index in [9.17, 15) is 0 Å². The van der Waals surface area contributed by atoms with Gasteiger partial charge in [0.2, 0.25) is 0 Å². The van der Waals surface area contributed by atoms with Gasteiger partial charge in [0.25, 0.3) is 0 Å². The van der Waals surface area contributed by atoms with Crippen molar-refractivity contribution in [3.63, 3.8) is 0 Å². The topological polar surface area (TPSA) is 12.5 Å². The van der Waals surface area contributed by atoms with Gasteiger partial charge in [-0.1, -0.05) is 32.3 Å². The highest BCUT2D eigenvalue weighted by molar-refractivity contribution is 4.99. The summed E-state index contributed by atoms with van der Waals surface area (Å²) in [5.74, 6) is 1.63. The number of ether oxygens (including phenoxy) is 1. The second-order valence-electron chi connectivity index (χ2n) is 3.86. The molecule has 0 saturated carbocycles. The van der Waals surface area contributed by atoms with Crippen LogP contribution in [0.1, 0.15) is 45.4 Å². The van der Waals surface area contributed by atoms with Crippen molar-refractivity contribution >= 4 is 0 Å². The van der Waals surface area contributed by atoms with Gasteiger partial charge in [-0.3, -0.25) is 0 Å². The molecule has 1 heteroatoms. The summed E-state index contributed by atoms with van der Waals surface area (Å²) in [7, 11) is 0. The third-order valence-electron chi connectivity index (χ3n) is 2.49. The van der Waals surface area contributed by atoms with E-state index in [0.29, 0.717) is 6.10 Å². The van der Waals surface area contributed by atoms with Crippen LogP contribution < -0.4 is 0 Å². The van der Waals surface area contributed by atoms with Crippen LogP contribution in [0.5, 0.6) is 0 Å². The van der Waals surface area contributed by atoms with Crippen molar-refractivity contribution in [1.29, 1.82) is 0 Å². The second kappa shape index (κ2) is 6.20. The Morgan fingerprint density at radius 1 is 1.54 bits per heavy atom. The fraction of sp³-hybridized carbons (Fsp3) is 0.750. The molecule has 0 aromatic carbocycles. The molecule has 1 radical (unpaired) electrons. The molecule has 0 bridgehead atoms. The maximum absolute atomic E-state index is 5.24. The molecule has 0 amide bonds. The summed E-state index contributed by atoms with van der Waals surface area (Å²) in [5, 5.41) is 0. The van der Waals surface area contributed by atoms with E-state index in [1.807, 2.05) is 6.08 Å². The number of unbranched alkanes of at least 4 members (excludes halogenated alkanes) is 2. The molecule has 1 unspecified atom stereocenters. The standard InChI is InChI=1S/C12H21O/c1-3-5-6-8-11(7-4-2)9-12-10-13-12/h4,12H,2-3,5-10H2,1H3. The number of hydrogen-bond acceptors (Lipinski definition) is 1. The van der Waals surface area contributed by atoms with Crippen molar-refractivity contribution < 1.29 is 4.74 Å². The van der Waals surface area contributed by atoms with Crippen LogP contribution in [0.15, 0.2) is 12.7 Å². The zero-order valence-corrected chi connectivity index (χ0v) is 8.72. The van der Waals surface area contributed by atoms with Crippen LogP contribution in [0.2, 0.25) is 0 Å². The summed E-state index contributed by atoms with van der Waals surface area (Å²) in [6, 6.07) is 0. The predicted octanol–water partition coefficient (Wildman–Crippen LogP) is 3.51. The van der Waals surface area contributed by atoms with Gasteiger partial charge in [0, 0.05) is 0 Å². The molecular weight excluding hydrogens is 160 g/mol. The van der Waals surface area contributed by atoms with Crippen LogP contribution in [-0.2, 0) is 4.74 Å². The SMILES string of the molecule is C=CC[C](CCCCC)CC1CO1. The minimum Gasteiger partial charge on any atom is -0.373 e. The first-order chi connectivity index (χ1) is 6.36. The molecule has 1 atom stereocenters. The van der Waals surface area contributed by atoms with Crippen molar-refractivity contribution in [2.45, 2.75) is 51.6 Å². The third-order valence-corrected chi connectivity index (χ3v) is 2.49. The Morgan fingerprint density at radius 2 is 2.31 bits per heavy atom. The Labute approximate surface area is 82.2 Å². The molecule has 75 valence electrons. The minimum absolute atomic E-state index is 0.552. The quantitative estimate of drug-likeness (QED) is 0.317. The Hall–Kier alpha value is -0.300. The molecule has 0 N–H and O–H groups in total. The minimum atomic E-state index is 0.552. The molecule has 1 nitrogen and oxygen atoms in total. The van der Waals surface area contributed by atoms with E-state index in [1.165, 1.54) is 32.1 Å². The zero-order valence-electron chi connectivity index (χ0n) is 8.72. The van der Waals surface area contributed by atoms with Crippen LogP contribution in [0.4, 0.5) is 0 Å². The molecule has 1 rings (SSSR count). The first-order valence-corrected chi connectivity index (χ1v) is 5.43. The molecule has 1 aliphatic heterocycles. The normalized spacial score (nSPS) is 20.6. The summed E-state index contributed by atoms with van der Waals surface area (Å²) < 4.78 is 5.24. The van der Waals surface area contributed by atoms with E-state index in [2.05, 4.69) is 13.5 Å². The molecule has 0 aromatic heterocycles. The van der Waals surface area contributed by atoms with E-state index < -0.39 is 0 Å². The highest BCUT2D eigenvalue weighted by Crippen LogP contribution is 2.27. The maximum atomic E-state index is 5.24. The Balaban J connectivity index is 2.07. The summed E-state index contributed by atoms with van der Waals surface area (Å²) in [5.41, 5.74) is 0. The largest absolute Gasteiger partial charge is 0.373 e. The molecule has 0 aromatic rings. The summed E-state index contributed by atoms with van der Waals surface area (Å²) in [6.07, 6.45) is 10.1. The number of allylic oxidation sites excluding steroid dienone is 1. The summed E-state index contributed by atoms with van der Waals surface area (Å²) in [4.78, 5) is 0. The zero-order chi connectivity index (χ0) is 9.52. The second-order valence-corrected chi connectivity index (χ2v) is 3.86. The summed E-state index contributed by atoms with van der Waals surface area (Å²) >= 11 is 0. The van der Waals surface area contributed by atoms with E-state index in [0.717, 1.165) is 13.0 Å². The first kappa shape index (κ1) is 10.8.